The summed E-state index contributed by atoms with van der Waals surface area (Å²) >= 11 is 0. The Bertz CT molecular complexity index is 479. The maximum Gasteiger partial charge on any atom is 0.410 e. The molecule has 20 heavy (non-hydrogen) atoms. The first-order valence-corrected chi connectivity index (χ1v) is 6.39. The van der Waals surface area contributed by atoms with E-state index in [1.807, 2.05) is 30.3 Å². The van der Waals surface area contributed by atoms with E-state index < -0.39 is 24.3 Å². The lowest BCUT2D eigenvalue weighted by atomic mass is 10.1. The molecule has 1 aliphatic rings. The van der Waals surface area contributed by atoms with Gasteiger partial charge in [0.2, 0.25) is 0 Å². The van der Waals surface area contributed by atoms with E-state index in [2.05, 4.69) is 0 Å². The number of carboxylic acids is 1. The fraction of sp³-hybridized carbons (Fsp3) is 0.429. The molecule has 1 aromatic carbocycles. The molecule has 0 saturated carbocycles. The standard InChI is InChI=1S/C14H16FNO4/c15-11-6-12(7-13(17)18)16(8-11)14(19)20-9-10-4-2-1-3-5-10/h1-5,11-12H,6-9H2,(H,17,18)/t11-,12-/m0/s1. The van der Waals surface area contributed by atoms with Crippen molar-refractivity contribution in [2.24, 2.45) is 0 Å². The second kappa shape index (κ2) is 6.36. The third-order valence-electron chi connectivity index (χ3n) is 3.21. The van der Waals surface area contributed by atoms with Crippen molar-refractivity contribution >= 4 is 12.1 Å². The van der Waals surface area contributed by atoms with Crippen LogP contribution in [0.15, 0.2) is 30.3 Å². The van der Waals surface area contributed by atoms with Crippen molar-refractivity contribution < 1.29 is 23.8 Å². The molecule has 0 radical (unpaired) electrons. The highest BCUT2D eigenvalue weighted by atomic mass is 19.1. The van der Waals surface area contributed by atoms with E-state index in [1.54, 1.807) is 0 Å². The minimum absolute atomic E-state index is 0.0484. The Labute approximate surface area is 116 Å². The third-order valence-corrected chi connectivity index (χ3v) is 3.21. The fourth-order valence-corrected chi connectivity index (χ4v) is 2.28. The predicted molar refractivity (Wildman–Crippen MR) is 68.9 cm³/mol. The Balaban J connectivity index is 1.91. The van der Waals surface area contributed by atoms with Crippen molar-refractivity contribution in [2.75, 3.05) is 6.54 Å². The molecule has 6 heteroatoms. The monoisotopic (exact) mass is 281 g/mol. The molecule has 1 aliphatic heterocycles. The number of hydrogen-bond donors (Lipinski definition) is 1. The zero-order chi connectivity index (χ0) is 14.5. The number of carbonyl (C=O) groups is 2. The average Bonchev–Trinajstić information content (AvgIpc) is 2.77. The number of halogens is 1. The van der Waals surface area contributed by atoms with E-state index in [4.69, 9.17) is 9.84 Å². The van der Waals surface area contributed by atoms with Gasteiger partial charge >= 0.3 is 12.1 Å². The second-order valence-electron chi connectivity index (χ2n) is 4.78. The highest BCUT2D eigenvalue weighted by Crippen LogP contribution is 2.24. The van der Waals surface area contributed by atoms with Crippen LogP contribution in [-0.4, -0.2) is 40.8 Å². The van der Waals surface area contributed by atoms with Crippen molar-refractivity contribution in [2.45, 2.75) is 31.7 Å². The summed E-state index contributed by atoms with van der Waals surface area (Å²) in [6.45, 7) is -0.0154. The second-order valence-corrected chi connectivity index (χ2v) is 4.78. The number of aliphatic carboxylic acids is 1. The number of ether oxygens (including phenoxy) is 1. The SMILES string of the molecule is O=C(O)C[C@@H]1C[C@H](F)CN1C(=O)OCc1ccccc1. The topological polar surface area (TPSA) is 66.8 Å². The highest BCUT2D eigenvalue weighted by molar-refractivity contribution is 5.72. The summed E-state index contributed by atoms with van der Waals surface area (Å²) in [6, 6.07) is 8.48. The Morgan fingerprint density at radius 2 is 2.05 bits per heavy atom. The molecule has 1 heterocycles. The molecule has 1 saturated heterocycles. The molecule has 2 rings (SSSR count). The van der Waals surface area contributed by atoms with E-state index in [9.17, 15) is 14.0 Å². The smallest absolute Gasteiger partial charge is 0.410 e. The van der Waals surface area contributed by atoms with Crippen LogP contribution in [0.3, 0.4) is 0 Å². The summed E-state index contributed by atoms with van der Waals surface area (Å²) in [4.78, 5) is 23.8. The summed E-state index contributed by atoms with van der Waals surface area (Å²) in [7, 11) is 0. The van der Waals surface area contributed by atoms with Crippen molar-refractivity contribution in [3.05, 3.63) is 35.9 Å². The molecule has 1 N–H and O–H groups in total. The molecule has 0 spiro atoms. The van der Waals surface area contributed by atoms with Crippen LogP contribution >= 0.6 is 0 Å². The van der Waals surface area contributed by atoms with E-state index in [0.717, 1.165) is 5.56 Å². The first-order valence-electron chi connectivity index (χ1n) is 6.39. The van der Waals surface area contributed by atoms with Gasteiger partial charge in [0.1, 0.15) is 12.8 Å². The maximum absolute atomic E-state index is 13.4. The number of carbonyl (C=O) groups excluding carboxylic acids is 1. The molecule has 108 valence electrons. The summed E-state index contributed by atoms with van der Waals surface area (Å²) in [6.07, 6.45) is -2.07. The third kappa shape index (κ3) is 3.69. The van der Waals surface area contributed by atoms with Crippen LogP contribution in [0.25, 0.3) is 0 Å². The van der Waals surface area contributed by atoms with Gasteiger partial charge in [-0.15, -0.1) is 0 Å². The maximum atomic E-state index is 13.4. The summed E-state index contributed by atoms with van der Waals surface area (Å²) < 4.78 is 18.5. The first kappa shape index (κ1) is 14.3. The molecule has 0 aliphatic carbocycles. The van der Waals surface area contributed by atoms with Gasteiger partial charge < -0.3 is 14.7 Å². The zero-order valence-electron chi connectivity index (χ0n) is 10.9. The van der Waals surface area contributed by atoms with Crippen LogP contribution in [0.2, 0.25) is 0 Å². The zero-order valence-corrected chi connectivity index (χ0v) is 10.9. The molecular formula is C14H16FNO4. The summed E-state index contributed by atoms with van der Waals surface area (Å²) in [5.41, 5.74) is 0.826. The van der Waals surface area contributed by atoms with Crippen LogP contribution in [0.4, 0.5) is 9.18 Å². The van der Waals surface area contributed by atoms with Crippen LogP contribution in [0, 0.1) is 0 Å². The molecule has 1 amide bonds. The van der Waals surface area contributed by atoms with Crippen LogP contribution < -0.4 is 0 Å². The van der Waals surface area contributed by atoms with Gasteiger partial charge in [-0.1, -0.05) is 30.3 Å². The van der Waals surface area contributed by atoms with Gasteiger partial charge in [-0.25, -0.2) is 9.18 Å². The van der Waals surface area contributed by atoms with Gasteiger partial charge in [0.05, 0.1) is 13.0 Å². The number of likely N-dealkylation sites (tertiary alicyclic amines) is 1. The molecule has 5 nitrogen and oxygen atoms in total. The van der Waals surface area contributed by atoms with Gasteiger partial charge in [-0.05, 0) is 5.56 Å². The van der Waals surface area contributed by atoms with Crippen molar-refractivity contribution in [1.29, 1.82) is 0 Å². The number of rotatable bonds is 4. The highest BCUT2D eigenvalue weighted by Gasteiger charge is 2.37. The Kier molecular flexibility index (Phi) is 4.55. The van der Waals surface area contributed by atoms with Gasteiger partial charge in [0.15, 0.2) is 0 Å². The van der Waals surface area contributed by atoms with Crippen molar-refractivity contribution in [3.8, 4) is 0 Å². The van der Waals surface area contributed by atoms with Gasteiger partial charge in [-0.2, -0.15) is 0 Å². The normalized spacial score (nSPS) is 21.8. The van der Waals surface area contributed by atoms with Crippen LogP contribution in [-0.2, 0) is 16.1 Å². The lowest BCUT2D eigenvalue weighted by molar-refractivity contribution is -0.138. The molecule has 1 fully saturated rings. The number of carboxylic acid groups (broad SMARTS) is 1. The Morgan fingerprint density at radius 3 is 2.70 bits per heavy atom. The fourth-order valence-electron chi connectivity index (χ4n) is 2.28. The number of alkyl halides is 1. The number of benzene rings is 1. The molecule has 2 atom stereocenters. The number of hydrogen-bond acceptors (Lipinski definition) is 3. The van der Waals surface area contributed by atoms with Crippen molar-refractivity contribution in [3.63, 3.8) is 0 Å². The van der Waals surface area contributed by atoms with Crippen LogP contribution in [0.5, 0.6) is 0 Å². The summed E-state index contributed by atoms with van der Waals surface area (Å²) in [5, 5.41) is 8.77. The summed E-state index contributed by atoms with van der Waals surface area (Å²) in [5.74, 6) is -1.05. The number of nitrogens with zero attached hydrogens (tertiary/aromatic N) is 1. The molecule has 0 unspecified atom stereocenters. The van der Waals surface area contributed by atoms with Gasteiger partial charge in [0, 0.05) is 12.5 Å². The molecule has 0 aromatic heterocycles. The van der Waals surface area contributed by atoms with E-state index in [1.165, 1.54) is 4.90 Å². The number of amides is 1. The van der Waals surface area contributed by atoms with E-state index in [-0.39, 0.29) is 26.0 Å². The predicted octanol–water partition coefficient (Wildman–Crippen LogP) is 2.21. The average molecular weight is 281 g/mol. The van der Waals surface area contributed by atoms with Gasteiger partial charge in [0.25, 0.3) is 0 Å². The van der Waals surface area contributed by atoms with Crippen LogP contribution in [0.1, 0.15) is 18.4 Å². The molecule has 1 aromatic rings. The molecule has 0 bridgehead atoms. The quantitative estimate of drug-likeness (QED) is 0.918. The Hall–Kier alpha value is -2.11. The van der Waals surface area contributed by atoms with E-state index in [0.29, 0.717) is 0 Å². The van der Waals surface area contributed by atoms with Gasteiger partial charge in [-0.3, -0.25) is 4.79 Å². The Morgan fingerprint density at radius 1 is 1.35 bits per heavy atom. The lowest BCUT2D eigenvalue weighted by Gasteiger charge is -2.22. The largest absolute Gasteiger partial charge is 0.481 e. The van der Waals surface area contributed by atoms with E-state index >= 15 is 0 Å². The van der Waals surface area contributed by atoms with Crippen molar-refractivity contribution in [1.82, 2.24) is 4.90 Å². The minimum Gasteiger partial charge on any atom is -0.481 e. The first-order chi connectivity index (χ1) is 9.56. The molecular weight excluding hydrogens is 265 g/mol. The minimum atomic E-state index is -1.19. The lowest BCUT2D eigenvalue weighted by Crippen LogP contribution is -2.37.